The Morgan fingerprint density at radius 1 is 1.00 bits per heavy atom. The molecule has 0 atom stereocenters. The predicted octanol–water partition coefficient (Wildman–Crippen LogP) is 3.50. The minimum atomic E-state index is -0.550. The van der Waals surface area contributed by atoms with E-state index in [1.807, 2.05) is 0 Å². The molecule has 0 spiro atoms. The largest absolute Gasteiger partial charge is 0.496 e. The first-order valence-electron chi connectivity index (χ1n) is 6.21. The van der Waals surface area contributed by atoms with Gasteiger partial charge in [-0.05, 0) is 40.2 Å². The van der Waals surface area contributed by atoms with E-state index in [2.05, 4.69) is 15.9 Å². The van der Waals surface area contributed by atoms with Gasteiger partial charge in [-0.2, -0.15) is 0 Å². The number of ether oxygens (including phenoxy) is 2. The van der Waals surface area contributed by atoms with Crippen LogP contribution in [0.25, 0.3) is 0 Å². The van der Waals surface area contributed by atoms with Crippen LogP contribution in [-0.4, -0.2) is 25.5 Å². The molecule has 5 heteroatoms. The lowest BCUT2D eigenvalue weighted by atomic mass is 10.1. The zero-order chi connectivity index (χ0) is 15.2. The smallest absolute Gasteiger partial charge is 0.339 e. The highest BCUT2D eigenvalue weighted by atomic mass is 79.9. The molecule has 2 aromatic carbocycles. The SMILES string of the molecule is COc1ccccc1C(=O)COC(=O)c1ccccc1Br. The maximum Gasteiger partial charge on any atom is 0.339 e. The van der Waals surface area contributed by atoms with Crippen LogP contribution < -0.4 is 4.74 Å². The van der Waals surface area contributed by atoms with Crippen LogP contribution in [0, 0.1) is 0 Å². The molecule has 0 heterocycles. The summed E-state index contributed by atoms with van der Waals surface area (Å²) in [5.74, 6) is -0.405. The summed E-state index contributed by atoms with van der Waals surface area (Å²) in [6, 6.07) is 13.7. The van der Waals surface area contributed by atoms with Crippen LogP contribution in [0.5, 0.6) is 5.75 Å². The van der Waals surface area contributed by atoms with Gasteiger partial charge in [-0.3, -0.25) is 4.79 Å². The van der Waals surface area contributed by atoms with Crippen molar-refractivity contribution >= 4 is 27.7 Å². The monoisotopic (exact) mass is 348 g/mol. The van der Waals surface area contributed by atoms with Crippen molar-refractivity contribution in [2.75, 3.05) is 13.7 Å². The third-order valence-electron chi connectivity index (χ3n) is 2.84. The van der Waals surface area contributed by atoms with Crippen molar-refractivity contribution in [2.45, 2.75) is 0 Å². The summed E-state index contributed by atoms with van der Waals surface area (Å²) in [5.41, 5.74) is 0.769. The lowest BCUT2D eigenvalue weighted by molar-refractivity contribution is 0.0473. The quantitative estimate of drug-likeness (QED) is 0.613. The number of esters is 1. The zero-order valence-corrected chi connectivity index (χ0v) is 12.9. The summed E-state index contributed by atoms with van der Waals surface area (Å²) in [7, 11) is 1.49. The van der Waals surface area contributed by atoms with Crippen molar-refractivity contribution in [1.82, 2.24) is 0 Å². The topological polar surface area (TPSA) is 52.6 Å². The van der Waals surface area contributed by atoms with Crippen LogP contribution in [0.2, 0.25) is 0 Å². The first kappa shape index (κ1) is 15.3. The Hall–Kier alpha value is -2.14. The molecule has 0 bridgehead atoms. The van der Waals surface area contributed by atoms with Crippen LogP contribution in [0.1, 0.15) is 20.7 Å². The molecule has 0 amide bonds. The maximum absolute atomic E-state index is 12.1. The second kappa shape index (κ2) is 7.04. The molecule has 0 aliphatic heterocycles. The van der Waals surface area contributed by atoms with Gasteiger partial charge in [0.25, 0.3) is 0 Å². The van der Waals surface area contributed by atoms with Gasteiger partial charge in [0.05, 0.1) is 18.2 Å². The molecule has 0 aromatic heterocycles. The molecule has 0 fully saturated rings. The van der Waals surface area contributed by atoms with Gasteiger partial charge in [0.1, 0.15) is 5.75 Å². The predicted molar refractivity (Wildman–Crippen MR) is 81.7 cm³/mol. The minimum Gasteiger partial charge on any atom is -0.496 e. The number of benzene rings is 2. The third-order valence-corrected chi connectivity index (χ3v) is 3.53. The Balaban J connectivity index is 2.05. The molecule has 0 radical (unpaired) electrons. The van der Waals surface area contributed by atoms with Crippen LogP contribution in [0.3, 0.4) is 0 Å². The number of hydrogen-bond donors (Lipinski definition) is 0. The van der Waals surface area contributed by atoms with Crippen molar-refractivity contribution in [1.29, 1.82) is 0 Å². The van der Waals surface area contributed by atoms with E-state index in [4.69, 9.17) is 9.47 Å². The Morgan fingerprint density at radius 2 is 1.62 bits per heavy atom. The Morgan fingerprint density at radius 3 is 2.29 bits per heavy atom. The van der Waals surface area contributed by atoms with E-state index in [0.717, 1.165) is 0 Å². The van der Waals surface area contributed by atoms with Crippen molar-refractivity contribution in [2.24, 2.45) is 0 Å². The fourth-order valence-electron chi connectivity index (χ4n) is 1.79. The normalized spacial score (nSPS) is 10.0. The maximum atomic E-state index is 12.1. The second-order valence-corrected chi connectivity index (χ2v) is 5.03. The average molecular weight is 349 g/mol. The van der Waals surface area contributed by atoms with Crippen molar-refractivity contribution in [3.63, 3.8) is 0 Å². The molecule has 0 aliphatic rings. The highest BCUT2D eigenvalue weighted by Gasteiger charge is 2.16. The Bertz CT molecular complexity index is 667. The van der Waals surface area contributed by atoms with E-state index in [-0.39, 0.29) is 12.4 Å². The van der Waals surface area contributed by atoms with Gasteiger partial charge in [-0.1, -0.05) is 24.3 Å². The molecule has 4 nitrogen and oxygen atoms in total. The van der Waals surface area contributed by atoms with E-state index in [0.29, 0.717) is 21.3 Å². The number of rotatable bonds is 5. The van der Waals surface area contributed by atoms with Crippen molar-refractivity contribution in [3.05, 3.63) is 64.1 Å². The molecule has 21 heavy (non-hydrogen) atoms. The average Bonchev–Trinajstić information content (AvgIpc) is 2.52. The van der Waals surface area contributed by atoms with E-state index in [9.17, 15) is 9.59 Å². The number of Topliss-reactive ketones (excluding diaryl/α,β-unsaturated/α-hetero) is 1. The summed E-state index contributed by atoms with van der Waals surface area (Å²) in [6.45, 7) is -0.333. The first-order valence-corrected chi connectivity index (χ1v) is 7.00. The molecule has 0 saturated heterocycles. The van der Waals surface area contributed by atoms with Gasteiger partial charge in [-0.15, -0.1) is 0 Å². The number of ketones is 1. The number of halogens is 1. The van der Waals surface area contributed by atoms with Crippen LogP contribution >= 0.6 is 15.9 Å². The van der Waals surface area contributed by atoms with E-state index in [1.165, 1.54) is 7.11 Å². The lowest BCUT2D eigenvalue weighted by Crippen LogP contribution is -2.15. The number of carbonyl (C=O) groups excluding carboxylic acids is 2. The third kappa shape index (κ3) is 3.70. The first-order chi connectivity index (χ1) is 10.1. The van der Waals surface area contributed by atoms with Crippen LogP contribution in [0.4, 0.5) is 0 Å². The Kier molecular flexibility index (Phi) is 5.11. The molecule has 0 saturated carbocycles. The molecule has 2 rings (SSSR count). The summed E-state index contributed by atoms with van der Waals surface area (Å²) in [6.07, 6.45) is 0. The molecular weight excluding hydrogens is 336 g/mol. The summed E-state index contributed by atoms with van der Waals surface area (Å²) < 4.78 is 10.8. The van der Waals surface area contributed by atoms with Gasteiger partial charge in [0.15, 0.2) is 6.61 Å². The highest BCUT2D eigenvalue weighted by Crippen LogP contribution is 2.19. The number of carbonyl (C=O) groups is 2. The molecule has 0 unspecified atom stereocenters. The van der Waals surface area contributed by atoms with Gasteiger partial charge in [0, 0.05) is 4.47 Å². The van der Waals surface area contributed by atoms with E-state index >= 15 is 0 Å². The molecule has 108 valence electrons. The molecular formula is C16H13BrO4. The fourth-order valence-corrected chi connectivity index (χ4v) is 2.23. The van der Waals surface area contributed by atoms with Crippen LogP contribution in [-0.2, 0) is 4.74 Å². The van der Waals surface area contributed by atoms with Gasteiger partial charge < -0.3 is 9.47 Å². The fraction of sp³-hybridized carbons (Fsp3) is 0.125. The second-order valence-electron chi connectivity index (χ2n) is 4.18. The molecule has 0 N–H and O–H groups in total. The number of hydrogen-bond acceptors (Lipinski definition) is 4. The van der Waals surface area contributed by atoms with Gasteiger partial charge in [0.2, 0.25) is 5.78 Å². The zero-order valence-electron chi connectivity index (χ0n) is 11.3. The van der Waals surface area contributed by atoms with Gasteiger partial charge >= 0.3 is 5.97 Å². The van der Waals surface area contributed by atoms with E-state index in [1.54, 1.807) is 48.5 Å². The van der Waals surface area contributed by atoms with Crippen molar-refractivity contribution in [3.8, 4) is 5.75 Å². The number of methoxy groups -OCH3 is 1. The molecule has 2 aromatic rings. The molecule has 0 aliphatic carbocycles. The summed E-state index contributed by atoms with van der Waals surface area (Å²) in [5, 5.41) is 0. The number of para-hydroxylation sites is 1. The minimum absolute atomic E-state index is 0.312. The lowest BCUT2D eigenvalue weighted by Gasteiger charge is -2.08. The summed E-state index contributed by atoms with van der Waals surface area (Å²) in [4.78, 5) is 24.0. The van der Waals surface area contributed by atoms with Crippen molar-refractivity contribution < 1.29 is 19.1 Å². The van der Waals surface area contributed by atoms with Crippen LogP contribution in [0.15, 0.2) is 53.0 Å². The summed E-state index contributed by atoms with van der Waals surface area (Å²) >= 11 is 3.27. The Labute approximate surface area is 130 Å². The standard InChI is InChI=1S/C16H13BrO4/c1-20-15-9-5-3-7-12(15)14(18)10-21-16(19)11-6-2-4-8-13(11)17/h2-9H,10H2,1H3. The van der Waals surface area contributed by atoms with E-state index < -0.39 is 5.97 Å². The highest BCUT2D eigenvalue weighted by molar-refractivity contribution is 9.10. The van der Waals surface area contributed by atoms with Gasteiger partial charge in [-0.25, -0.2) is 4.79 Å².